The molecule has 2 heterocycles. The molecule has 0 spiro atoms. The molecular formula is C24H23N2Na3O11S2. The van der Waals surface area contributed by atoms with Crippen LogP contribution in [0.15, 0.2) is 64.7 Å². The number of aliphatic carboxylic acids is 1. The summed E-state index contributed by atoms with van der Waals surface area (Å²) in [6.07, 6.45) is -0.461. The second-order valence-corrected chi connectivity index (χ2v) is 10.9. The minimum Gasteiger partial charge on any atom is -1.00 e. The largest absolute Gasteiger partial charge is 1.00 e. The van der Waals surface area contributed by atoms with Gasteiger partial charge in [0.2, 0.25) is 5.91 Å². The van der Waals surface area contributed by atoms with Crippen molar-refractivity contribution in [3.05, 3.63) is 76.5 Å². The van der Waals surface area contributed by atoms with Crippen molar-refractivity contribution in [2.24, 2.45) is 0 Å². The molecule has 0 aliphatic carbocycles. The quantitative estimate of drug-likeness (QED) is 0.0867. The van der Waals surface area contributed by atoms with Crippen LogP contribution in [0.2, 0.25) is 0 Å². The van der Waals surface area contributed by atoms with E-state index in [4.69, 9.17) is 4.74 Å². The summed E-state index contributed by atoms with van der Waals surface area (Å²) in [5.74, 6) is -5.21. The normalized spacial score (nSPS) is 17.3. The summed E-state index contributed by atoms with van der Waals surface area (Å²) in [4.78, 5) is 61.8. The van der Waals surface area contributed by atoms with Gasteiger partial charge < -0.3 is 24.5 Å². The van der Waals surface area contributed by atoms with E-state index in [0.29, 0.717) is 0 Å². The smallest absolute Gasteiger partial charge is 1.00 e. The van der Waals surface area contributed by atoms with Gasteiger partial charge >= 0.3 is 107 Å². The minimum atomic E-state index is -4.58. The van der Waals surface area contributed by atoms with E-state index in [2.05, 4.69) is 5.32 Å². The molecule has 2 aliphatic heterocycles. The fourth-order valence-corrected chi connectivity index (χ4v) is 6.22. The number of amides is 2. The molecule has 0 aromatic heterocycles. The molecule has 2 amide bonds. The number of nitrogens with zero attached hydrogens (tertiary/aromatic N) is 1. The Balaban J connectivity index is -0.00000294. The fourth-order valence-electron chi connectivity index (χ4n) is 4.17. The summed E-state index contributed by atoms with van der Waals surface area (Å²) in [6, 6.07) is 9.56. The van der Waals surface area contributed by atoms with Crippen LogP contribution in [-0.4, -0.2) is 81.6 Å². The van der Waals surface area contributed by atoms with Gasteiger partial charge in [-0.1, -0.05) is 30.3 Å². The fraction of sp³-hybridized carbons (Fsp3) is 0.208. The van der Waals surface area contributed by atoms with Gasteiger partial charge in [0.05, 0.1) is 22.4 Å². The Labute approximate surface area is 314 Å². The van der Waals surface area contributed by atoms with Gasteiger partial charge in [0, 0.05) is 11.3 Å². The number of carbonyl (C=O) groups is 5. The summed E-state index contributed by atoms with van der Waals surface area (Å²) >= 11 is 1.11. The Kier molecular flexibility index (Phi) is 15.0. The number of hydrogen-bond acceptors (Lipinski definition) is 9. The molecule has 0 saturated carbocycles. The van der Waals surface area contributed by atoms with Crippen molar-refractivity contribution in [3.63, 3.8) is 0 Å². The van der Waals surface area contributed by atoms with Crippen LogP contribution in [0, 0.1) is 0 Å². The first-order chi connectivity index (χ1) is 18.4. The molecule has 0 unspecified atom stereocenters. The van der Waals surface area contributed by atoms with Crippen LogP contribution >= 0.6 is 11.8 Å². The average Bonchev–Trinajstić information content (AvgIpc) is 2.89. The molecule has 42 heavy (non-hydrogen) atoms. The molecular weight excluding hydrogens is 625 g/mol. The summed E-state index contributed by atoms with van der Waals surface area (Å²) in [5, 5.41) is 20.7. The van der Waals surface area contributed by atoms with Gasteiger partial charge in [-0.2, -0.15) is 8.42 Å². The van der Waals surface area contributed by atoms with E-state index in [1.165, 1.54) is 42.5 Å². The van der Waals surface area contributed by atoms with E-state index in [0.717, 1.165) is 22.7 Å². The number of ether oxygens (including phenoxy) is 1. The van der Waals surface area contributed by atoms with Crippen molar-refractivity contribution in [1.82, 2.24) is 10.2 Å². The van der Waals surface area contributed by atoms with Crippen molar-refractivity contribution >= 4 is 51.6 Å². The van der Waals surface area contributed by atoms with Crippen LogP contribution in [0.5, 0.6) is 0 Å². The molecule has 2 atom stereocenters. The molecule has 1 fully saturated rings. The van der Waals surface area contributed by atoms with Crippen molar-refractivity contribution < 1.29 is 145 Å². The third kappa shape index (κ3) is 8.49. The number of carboxylic acids is 2. The standard InChI is InChI=1S/C24H20N2O11S2.3Na.3H/c27-17(9-12-5-1-4-8-16(12)39(34,35)36)25-18-20(28)26-19(23(31)32)13(11-38-21(18)26)10-37-24(33)15-7-3-2-6-14(15)22(29)30;;;;;;/h1-8,18,21H,9-11H2,(H,25,27)(H,29,30)(H,31,32)(H,34,35,36);;;;;;/q;3*+1;3*-1/t18-,21-;;;;;;/m1....../s1. The second kappa shape index (κ2) is 16.2. The Morgan fingerprint density at radius 2 is 1.57 bits per heavy atom. The van der Waals surface area contributed by atoms with Crippen molar-refractivity contribution in [2.75, 3.05) is 12.4 Å². The second-order valence-electron chi connectivity index (χ2n) is 8.40. The number of benzene rings is 2. The Hall–Kier alpha value is -1.21. The zero-order chi connectivity index (χ0) is 28.5. The molecule has 0 radical (unpaired) electrons. The molecule has 2 aromatic carbocycles. The van der Waals surface area contributed by atoms with Gasteiger partial charge in [0.1, 0.15) is 23.7 Å². The van der Waals surface area contributed by atoms with Crippen LogP contribution in [0.25, 0.3) is 0 Å². The van der Waals surface area contributed by atoms with E-state index < -0.39 is 74.9 Å². The molecule has 2 aliphatic rings. The number of thioether (sulfide) groups is 1. The maximum atomic E-state index is 12.8. The number of esters is 1. The molecule has 210 valence electrons. The van der Waals surface area contributed by atoms with Gasteiger partial charge in [-0.15, -0.1) is 11.8 Å². The van der Waals surface area contributed by atoms with Crippen molar-refractivity contribution in [3.8, 4) is 0 Å². The Morgan fingerprint density at radius 3 is 2.17 bits per heavy atom. The first-order valence-electron chi connectivity index (χ1n) is 11.1. The number of fused-ring (bicyclic) bond motifs is 1. The van der Waals surface area contributed by atoms with Gasteiger partial charge in [-0.25, -0.2) is 14.4 Å². The maximum absolute atomic E-state index is 12.8. The number of carbonyl (C=O) groups excluding carboxylic acids is 3. The number of carboxylic acid groups (broad SMARTS) is 2. The number of hydrogen-bond donors (Lipinski definition) is 4. The summed E-state index contributed by atoms with van der Waals surface area (Å²) in [5.41, 5.74) is -0.807. The zero-order valence-electron chi connectivity index (χ0n) is 25.8. The molecule has 2 aromatic rings. The van der Waals surface area contributed by atoms with Crippen LogP contribution in [-0.2, 0) is 35.7 Å². The van der Waals surface area contributed by atoms with Crippen LogP contribution < -0.4 is 94.0 Å². The number of nitrogens with one attached hydrogen (secondary N) is 1. The molecule has 4 N–H and O–H groups in total. The predicted octanol–water partition coefficient (Wildman–Crippen LogP) is -7.88. The van der Waals surface area contributed by atoms with Crippen LogP contribution in [0.3, 0.4) is 0 Å². The first kappa shape index (κ1) is 38.8. The number of β-lactam (4-membered cyclic amide) rings is 1. The average molecular weight is 649 g/mol. The van der Waals surface area contributed by atoms with E-state index >= 15 is 0 Å². The van der Waals surface area contributed by atoms with Gasteiger partial charge in [0.25, 0.3) is 16.0 Å². The van der Waals surface area contributed by atoms with Gasteiger partial charge in [0.15, 0.2) is 0 Å². The van der Waals surface area contributed by atoms with Crippen molar-refractivity contribution in [1.29, 1.82) is 0 Å². The molecule has 1 saturated heterocycles. The van der Waals surface area contributed by atoms with Gasteiger partial charge in [-0.05, 0) is 23.8 Å². The molecule has 0 bridgehead atoms. The van der Waals surface area contributed by atoms with Crippen LogP contribution in [0.1, 0.15) is 30.6 Å². The molecule has 13 nitrogen and oxygen atoms in total. The minimum absolute atomic E-state index is 0. The molecule has 18 heteroatoms. The summed E-state index contributed by atoms with van der Waals surface area (Å²) in [7, 11) is -4.58. The van der Waals surface area contributed by atoms with Crippen LogP contribution in [0.4, 0.5) is 0 Å². The van der Waals surface area contributed by atoms with E-state index in [1.807, 2.05) is 0 Å². The maximum Gasteiger partial charge on any atom is 1.00 e. The third-order valence-electron chi connectivity index (χ3n) is 5.92. The SMILES string of the molecule is O=C(Cc1ccccc1S(=O)(=O)O)N[C@@H]1C(=O)N2C(C(=O)O)=C(COC(=O)c3ccccc3C(=O)O)CS[C@H]12.[H-].[H-].[H-].[Na+].[Na+].[Na+]. The van der Waals surface area contributed by atoms with Crippen molar-refractivity contribution in [2.45, 2.75) is 22.7 Å². The number of rotatable bonds is 9. The van der Waals surface area contributed by atoms with E-state index in [-0.39, 0.29) is 121 Å². The summed E-state index contributed by atoms with van der Waals surface area (Å²) < 4.78 is 37.6. The summed E-state index contributed by atoms with van der Waals surface area (Å²) in [6.45, 7) is -0.513. The third-order valence-corrected chi connectivity index (χ3v) is 8.22. The van der Waals surface area contributed by atoms with E-state index in [1.54, 1.807) is 0 Å². The molecule has 4 rings (SSSR count). The Bertz CT molecular complexity index is 1570. The number of aromatic carboxylic acids is 1. The predicted molar refractivity (Wildman–Crippen MR) is 137 cm³/mol. The topological polar surface area (TPSA) is 205 Å². The first-order valence-corrected chi connectivity index (χ1v) is 13.6. The monoisotopic (exact) mass is 648 g/mol. The van der Waals surface area contributed by atoms with Gasteiger partial charge in [-0.3, -0.25) is 19.0 Å². The zero-order valence-corrected chi connectivity index (χ0v) is 30.4. The van der Waals surface area contributed by atoms with E-state index in [9.17, 15) is 47.2 Å². The Morgan fingerprint density at radius 1 is 0.976 bits per heavy atom.